The third-order valence-corrected chi connectivity index (χ3v) is 11.1. The van der Waals surface area contributed by atoms with Crippen molar-refractivity contribution in [3.05, 3.63) is 99.3 Å². The van der Waals surface area contributed by atoms with E-state index in [0.717, 1.165) is 41.7 Å². The Kier molecular flexibility index (Phi) is 12.8. The monoisotopic (exact) mass is 754 g/mol. The number of hydrogen-bond donors (Lipinski definition) is 2. The molecule has 0 spiro atoms. The van der Waals surface area contributed by atoms with Crippen molar-refractivity contribution in [2.45, 2.75) is 60.4 Å². The first-order valence-electron chi connectivity index (χ1n) is 15.2. The molecular formula is C34H38Cl2F2N4O5S2. The van der Waals surface area contributed by atoms with Crippen LogP contribution in [0.5, 0.6) is 5.75 Å². The average molecular weight is 756 g/mol. The van der Waals surface area contributed by atoms with Gasteiger partial charge < -0.3 is 14.7 Å². The molecule has 0 aliphatic heterocycles. The van der Waals surface area contributed by atoms with Gasteiger partial charge in [0, 0.05) is 27.4 Å². The molecule has 49 heavy (non-hydrogen) atoms. The number of aliphatic carboxylic acids is 1. The summed E-state index contributed by atoms with van der Waals surface area (Å²) in [6.45, 7) is 4.70. The number of ether oxygens (including phenoxy) is 1. The van der Waals surface area contributed by atoms with Gasteiger partial charge in [0.15, 0.2) is 5.16 Å². The molecule has 0 bridgehead atoms. The van der Waals surface area contributed by atoms with E-state index in [1.165, 1.54) is 19.2 Å². The lowest BCUT2D eigenvalue weighted by molar-refractivity contribution is -0.139. The Balaban J connectivity index is 1.62. The summed E-state index contributed by atoms with van der Waals surface area (Å²) < 4.78 is 65.2. The van der Waals surface area contributed by atoms with Crippen molar-refractivity contribution in [2.24, 2.45) is 0 Å². The van der Waals surface area contributed by atoms with E-state index in [4.69, 9.17) is 27.9 Å². The second-order valence-electron chi connectivity index (χ2n) is 12.2. The highest BCUT2D eigenvalue weighted by molar-refractivity contribution is 7.98. The van der Waals surface area contributed by atoms with Crippen LogP contribution in [0.2, 0.25) is 10.0 Å². The maximum Gasteiger partial charge on any atom is 0.321 e. The molecule has 0 fully saturated rings. The molecule has 0 amide bonds. The molecule has 0 aliphatic rings. The number of carbonyl (C=O) groups is 1. The SMILES string of the molecule is COc1cc(C(C)(C)c2cnc(SCc3c(F)cc(S(=O)(=O)N[C@@H](CCCCN(C)C)C(=O)O)cc3Cl)n2-c2ccc(F)cc2)ccc1Cl. The molecule has 3 aromatic carbocycles. The first-order chi connectivity index (χ1) is 23.0. The van der Waals surface area contributed by atoms with Gasteiger partial charge in [0.25, 0.3) is 0 Å². The van der Waals surface area contributed by atoms with Crippen molar-refractivity contribution in [2.75, 3.05) is 27.7 Å². The van der Waals surface area contributed by atoms with Crippen LogP contribution in [-0.4, -0.2) is 67.7 Å². The van der Waals surface area contributed by atoms with E-state index in [0.29, 0.717) is 34.5 Å². The lowest BCUT2D eigenvalue weighted by Crippen LogP contribution is -2.40. The highest BCUT2D eigenvalue weighted by Gasteiger charge is 2.31. The summed E-state index contributed by atoms with van der Waals surface area (Å²) in [6.07, 6.45) is 2.91. The van der Waals surface area contributed by atoms with Crippen molar-refractivity contribution in [1.82, 2.24) is 19.2 Å². The minimum atomic E-state index is -4.42. The van der Waals surface area contributed by atoms with Gasteiger partial charge in [0.05, 0.1) is 28.9 Å². The number of hydrogen-bond acceptors (Lipinski definition) is 7. The van der Waals surface area contributed by atoms with E-state index in [9.17, 15) is 22.7 Å². The molecule has 2 N–H and O–H groups in total. The van der Waals surface area contributed by atoms with Crippen LogP contribution in [0, 0.1) is 11.6 Å². The second-order valence-corrected chi connectivity index (χ2v) is 15.6. The number of rotatable bonds is 16. The van der Waals surface area contributed by atoms with Crippen LogP contribution in [0.3, 0.4) is 0 Å². The number of thioether (sulfide) groups is 1. The zero-order valence-corrected chi connectivity index (χ0v) is 30.8. The lowest BCUT2D eigenvalue weighted by atomic mass is 9.81. The Hall–Kier alpha value is -3.20. The third kappa shape index (κ3) is 9.33. The highest BCUT2D eigenvalue weighted by Crippen LogP contribution is 2.40. The molecule has 1 heterocycles. The minimum Gasteiger partial charge on any atom is -0.495 e. The van der Waals surface area contributed by atoms with Gasteiger partial charge in [-0.05, 0) is 94.0 Å². The number of nitrogens with one attached hydrogen (secondary N) is 1. The van der Waals surface area contributed by atoms with E-state index < -0.39 is 44.0 Å². The number of carboxylic acids is 1. The van der Waals surface area contributed by atoms with Crippen molar-refractivity contribution in [3.63, 3.8) is 0 Å². The normalized spacial score (nSPS) is 12.8. The molecule has 264 valence electrons. The van der Waals surface area contributed by atoms with Crippen molar-refractivity contribution in [3.8, 4) is 11.4 Å². The second kappa shape index (κ2) is 16.2. The number of methoxy groups -OCH3 is 1. The number of benzene rings is 3. The van der Waals surface area contributed by atoms with E-state index >= 15 is 4.39 Å². The van der Waals surface area contributed by atoms with Crippen LogP contribution in [-0.2, 0) is 26.0 Å². The summed E-state index contributed by atoms with van der Waals surface area (Å²) >= 11 is 13.9. The topological polar surface area (TPSA) is 114 Å². The minimum absolute atomic E-state index is 0.0287. The first-order valence-corrected chi connectivity index (χ1v) is 18.5. The summed E-state index contributed by atoms with van der Waals surface area (Å²) in [6, 6.07) is 11.9. The fraction of sp³-hybridized carbons (Fsp3) is 0.353. The van der Waals surface area contributed by atoms with Gasteiger partial charge in [-0.15, -0.1) is 0 Å². The maximum atomic E-state index is 15.5. The summed E-state index contributed by atoms with van der Waals surface area (Å²) in [5.74, 6) is -2.17. The molecule has 0 unspecified atom stereocenters. The third-order valence-electron chi connectivity index (χ3n) is 8.04. The van der Waals surface area contributed by atoms with Crippen LogP contribution in [0.15, 0.2) is 70.8 Å². The molecule has 0 aliphatic carbocycles. The van der Waals surface area contributed by atoms with Gasteiger partial charge in [-0.25, -0.2) is 22.2 Å². The van der Waals surface area contributed by atoms with Gasteiger partial charge in [-0.3, -0.25) is 9.36 Å². The number of halogens is 4. The number of unbranched alkanes of at least 4 members (excludes halogenated alkanes) is 1. The summed E-state index contributed by atoms with van der Waals surface area (Å²) in [5, 5.41) is 10.4. The zero-order chi connectivity index (χ0) is 36.1. The van der Waals surface area contributed by atoms with Crippen LogP contribution in [0.1, 0.15) is 49.9 Å². The van der Waals surface area contributed by atoms with Crippen molar-refractivity contribution >= 4 is 51.0 Å². The van der Waals surface area contributed by atoms with Crippen LogP contribution >= 0.6 is 35.0 Å². The molecule has 1 atom stereocenters. The number of sulfonamides is 1. The van der Waals surface area contributed by atoms with Gasteiger partial charge in [0.2, 0.25) is 10.0 Å². The molecule has 1 aromatic heterocycles. The van der Waals surface area contributed by atoms with Gasteiger partial charge in [-0.2, -0.15) is 4.72 Å². The number of aromatic nitrogens is 2. The Bertz CT molecular complexity index is 1880. The quantitative estimate of drug-likeness (QED) is 0.0891. The first kappa shape index (κ1) is 38.6. The zero-order valence-electron chi connectivity index (χ0n) is 27.6. The fourth-order valence-electron chi connectivity index (χ4n) is 5.19. The molecule has 0 saturated heterocycles. The summed E-state index contributed by atoms with van der Waals surface area (Å²) in [5.41, 5.74) is 1.58. The predicted octanol–water partition coefficient (Wildman–Crippen LogP) is 7.55. The number of imidazole rings is 1. The lowest BCUT2D eigenvalue weighted by Gasteiger charge is -2.28. The molecule has 4 rings (SSSR count). The van der Waals surface area contributed by atoms with Gasteiger partial charge in [0.1, 0.15) is 23.4 Å². The standard InChI is InChI=1S/C34H38Cl2F2N4O5S2/c1-34(2,21-9-14-26(35)30(16-21)47-5)31-19-39-33(42(31)23-12-10-22(37)11-13-23)48-20-25-27(36)17-24(18-28(25)38)49(45,46)40-29(32(43)44)8-6-7-15-41(3)4/h9-14,16-19,29,40H,6-8,15,20H2,1-5H3,(H,43,44)/t29-/m0/s1. The van der Waals surface area contributed by atoms with E-state index in [1.807, 2.05) is 49.5 Å². The molecule has 9 nitrogen and oxygen atoms in total. The molecule has 0 radical (unpaired) electrons. The van der Waals surface area contributed by atoms with Crippen molar-refractivity contribution in [1.29, 1.82) is 0 Å². The van der Waals surface area contributed by atoms with Crippen LogP contribution < -0.4 is 9.46 Å². The molecule has 15 heteroatoms. The van der Waals surface area contributed by atoms with Gasteiger partial charge in [-0.1, -0.05) is 54.9 Å². The average Bonchev–Trinajstić information content (AvgIpc) is 3.47. The highest BCUT2D eigenvalue weighted by atomic mass is 35.5. The van der Waals surface area contributed by atoms with Gasteiger partial charge >= 0.3 is 5.97 Å². The Morgan fingerprint density at radius 3 is 2.39 bits per heavy atom. The largest absolute Gasteiger partial charge is 0.495 e. The smallest absolute Gasteiger partial charge is 0.321 e. The van der Waals surface area contributed by atoms with Crippen molar-refractivity contribution < 1.29 is 31.8 Å². The fourth-order valence-corrected chi connectivity index (χ4v) is 8.09. The summed E-state index contributed by atoms with van der Waals surface area (Å²) in [7, 11) is 0.881. The molecule has 4 aromatic rings. The molecular weight excluding hydrogens is 717 g/mol. The predicted molar refractivity (Wildman–Crippen MR) is 189 cm³/mol. The van der Waals surface area contributed by atoms with E-state index in [-0.39, 0.29) is 22.8 Å². The summed E-state index contributed by atoms with van der Waals surface area (Å²) in [4.78, 5) is 17.9. The Morgan fingerprint density at radius 2 is 1.78 bits per heavy atom. The maximum absolute atomic E-state index is 15.5. The van der Waals surface area contributed by atoms with Crippen LogP contribution in [0.4, 0.5) is 8.78 Å². The van der Waals surface area contributed by atoms with Crippen LogP contribution in [0.25, 0.3) is 5.69 Å². The number of nitrogens with zero attached hydrogens (tertiary/aromatic N) is 3. The number of carboxylic acid groups (broad SMARTS) is 1. The Morgan fingerprint density at radius 1 is 1.08 bits per heavy atom. The Labute approximate surface area is 299 Å². The molecule has 0 saturated carbocycles. The van der Waals surface area contributed by atoms with E-state index in [1.54, 1.807) is 24.4 Å². The van der Waals surface area contributed by atoms with E-state index in [2.05, 4.69) is 9.71 Å².